The van der Waals surface area contributed by atoms with E-state index < -0.39 is 30.6 Å². The van der Waals surface area contributed by atoms with Crippen LogP contribution in [-0.2, 0) is 19.1 Å². The van der Waals surface area contributed by atoms with Crippen molar-refractivity contribution in [1.29, 1.82) is 0 Å². The summed E-state index contributed by atoms with van der Waals surface area (Å²) in [4.78, 5) is 23.7. The molecule has 2 heterocycles. The third-order valence-corrected chi connectivity index (χ3v) is 6.94. The van der Waals surface area contributed by atoms with Crippen LogP contribution in [0.15, 0.2) is 36.0 Å². The largest absolute Gasteiger partial charge is 0.387 e. The normalized spacial score (nSPS) is 36.1. The summed E-state index contributed by atoms with van der Waals surface area (Å²) >= 11 is 0. The van der Waals surface area contributed by atoms with Gasteiger partial charge in [-0.25, -0.2) is 4.39 Å². The molecule has 0 saturated carbocycles. The van der Waals surface area contributed by atoms with Gasteiger partial charge in [0.15, 0.2) is 0 Å². The van der Waals surface area contributed by atoms with Crippen LogP contribution < -0.4 is 5.32 Å². The van der Waals surface area contributed by atoms with Gasteiger partial charge in [0.2, 0.25) is 5.91 Å². The highest BCUT2D eigenvalue weighted by molar-refractivity contribution is 5.87. The Morgan fingerprint density at radius 2 is 1.89 bits per heavy atom. The molecule has 0 aromatic rings. The average molecular weight is 510 g/mol. The molecule has 36 heavy (non-hydrogen) atoms. The predicted octanol–water partition coefficient (Wildman–Crippen LogP) is 3.59. The highest BCUT2D eigenvalue weighted by atomic mass is 19.1. The number of allylic oxidation sites excluding steroid dienone is 3. The fourth-order valence-corrected chi connectivity index (χ4v) is 4.73. The molecule has 3 N–H and O–H groups in total. The number of ether oxygens (including phenoxy) is 2. The lowest BCUT2D eigenvalue weighted by Crippen LogP contribution is -2.58. The third kappa shape index (κ3) is 8.91. The van der Waals surface area contributed by atoms with Gasteiger partial charge in [0.1, 0.15) is 30.3 Å². The Morgan fingerprint density at radius 3 is 2.50 bits per heavy atom. The van der Waals surface area contributed by atoms with Crippen LogP contribution in [0.2, 0.25) is 0 Å². The van der Waals surface area contributed by atoms with Crippen LogP contribution in [0.1, 0.15) is 67.2 Å². The number of Topliss-reactive ketones (excluding diaryl/α,β-unsaturated/α-hetero) is 1. The van der Waals surface area contributed by atoms with Crippen molar-refractivity contribution in [1.82, 2.24) is 5.32 Å². The molecule has 0 aromatic heterocycles. The smallest absolute Gasteiger partial charge is 0.243 e. The highest BCUT2D eigenvalue weighted by Gasteiger charge is 2.47. The van der Waals surface area contributed by atoms with Gasteiger partial charge < -0.3 is 25.0 Å². The topological polar surface area (TPSA) is 105 Å². The molecule has 2 rings (SSSR count). The highest BCUT2D eigenvalue weighted by Crippen LogP contribution is 2.32. The molecular weight excluding hydrogens is 465 g/mol. The molecule has 2 aliphatic heterocycles. The maximum Gasteiger partial charge on any atom is 0.243 e. The number of aliphatic hydroxyl groups excluding tert-OH is 1. The molecule has 1 amide bonds. The monoisotopic (exact) mass is 509 g/mol. The minimum absolute atomic E-state index is 0.00388. The third-order valence-electron chi connectivity index (χ3n) is 6.94. The van der Waals surface area contributed by atoms with Gasteiger partial charge in [-0.15, -0.1) is 0 Å². The number of rotatable bonds is 10. The number of nitrogens with one attached hydrogen (secondary N) is 1. The molecule has 204 valence electrons. The molecule has 2 fully saturated rings. The molecule has 0 radical (unpaired) electrons. The second-order valence-electron chi connectivity index (χ2n) is 10.9. The quantitative estimate of drug-likeness (QED) is 0.307. The zero-order valence-electron chi connectivity index (χ0n) is 22.4. The number of carbonyl (C=O) groups excluding carboxylic acids is 2. The predicted molar refractivity (Wildman–Crippen MR) is 137 cm³/mol. The fraction of sp³-hybridized carbons (Fsp3) is 0.714. The van der Waals surface area contributed by atoms with E-state index in [4.69, 9.17) is 9.47 Å². The van der Waals surface area contributed by atoms with E-state index in [-0.39, 0.29) is 48.7 Å². The first-order valence-electron chi connectivity index (χ1n) is 12.9. The van der Waals surface area contributed by atoms with Gasteiger partial charge >= 0.3 is 0 Å². The van der Waals surface area contributed by atoms with Crippen molar-refractivity contribution in [2.24, 2.45) is 11.8 Å². The number of hydrogen-bond donors (Lipinski definition) is 3. The Labute approximate surface area is 214 Å². The number of ketones is 1. The maximum atomic E-state index is 13.5. The lowest BCUT2D eigenvalue weighted by molar-refractivity contribution is -0.208. The van der Waals surface area contributed by atoms with Crippen LogP contribution in [0.5, 0.6) is 0 Å². The molecule has 7 nitrogen and oxygen atoms in total. The summed E-state index contributed by atoms with van der Waals surface area (Å²) in [6, 6.07) is -0.0485. The number of amides is 1. The fourth-order valence-electron chi connectivity index (χ4n) is 4.73. The van der Waals surface area contributed by atoms with Gasteiger partial charge in [0.25, 0.3) is 0 Å². The molecule has 2 saturated heterocycles. The van der Waals surface area contributed by atoms with Crippen molar-refractivity contribution < 1.29 is 33.7 Å². The SMILES string of the molecule is CC(=O)C[C@@H]1C[C@@](O)(CF)[C@H](O)[C@@H](/C=C/C(C)=C/C[C@H]2O[C@H](C)[C@H](NC(=O)/C=C\C(C)C)C[C@H]2C)O1. The Morgan fingerprint density at radius 1 is 1.19 bits per heavy atom. The molecular formula is C28H44FNO6. The van der Waals surface area contributed by atoms with E-state index in [2.05, 4.69) is 12.2 Å². The molecule has 0 unspecified atom stereocenters. The van der Waals surface area contributed by atoms with Crippen molar-refractivity contribution in [3.8, 4) is 0 Å². The Hall–Kier alpha value is -1.87. The zero-order valence-corrected chi connectivity index (χ0v) is 22.4. The number of alkyl halides is 1. The molecule has 0 bridgehead atoms. The average Bonchev–Trinajstić information content (AvgIpc) is 2.79. The Bertz CT molecular complexity index is 840. The molecule has 0 aliphatic carbocycles. The van der Waals surface area contributed by atoms with E-state index in [1.807, 2.05) is 39.8 Å². The van der Waals surface area contributed by atoms with Crippen molar-refractivity contribution in [2.45, 2.75) is 109 Å². The van der Waals surface area contributed by atoms with Crippen LogP contribution in [0.3, 0.4) is 0 Å². The number of halogens is 1. The summed E-state index contributed by atoms with van der Waals surface area (Å²) in [5, 5.41) is 24.0. The van der Waals surface area contributed by atoms with Crippen LogP contribution in [0.4, 0.5) is 4.39 Å². The first-order valence-corrected chi connectivity index (χ1v) is 12.9. The summed E-state index contributed by atoms with van der Waals surface area (Å²) < 4.78 is 25.5. The molecule has 0 spiro atoms. The first-order chi connectivity index (χ1) is 16.8. The summed E-state index contributed by atoms with van der Waals surface area (Å²) in [6.07, 6.45) is 7.13. The summed E-state index contributed by atoms with van der Waals surface area (Å²) in [6.45, 7) is 10.3. The molecule has 0 aromatic carbocycles. The lowest BCUT2D eigenvalue weighted by Gasteiger charge is -2.42. The minimum atomic E-state index is -1.94. The minimum Gasteiger partial charge on any atom is -0.387 e. The van der Waals surface area contributed by atoms with Crippen molar-refractivity contribution in [2.75, 3.05) is 6.67 Å². The van der Waals surface area contributed by atoms with Crippen molar-refractivity contribution >= 4 is 11.7 Å². The van der Waals surface area contributed by atoms with Crippen LogP contribution in [0.25, 0.3) is 0 Å². The van der Waals surface area contributed by atoms with Crippen LogP contribution >= 0.6 is 0 Å². The number of carbonyl (C=O) groups is 2. The number of hydrogen-bond acceptors (Lipinski definition) is 6. The van der Waals surface area contributed by atoms with Gasteiger partial charge in [-0.2, -0.15) is 0 Å². The molecule has 8 atom stereocenters. The van der Waals surface area contributed by atoms with Gasteiger partial charge in [-0.05, 0) is 51.5 Å². The van der Waals surface area contributed by atoms with Crippen LogP contribution in [-0.4, -0.2) is 70.7 Å². The molecule has 8 heteroatoms. The summed E-state index contributed by atoms with van der Waals surface area (Å²) in [7, 11) is 0. The summed E-state index contributed by atoms with van der Waals surface area (Å²) in [5.41, 5.74) is -1.04. The second kappa shape index (κ2) is 13.6. The number of aliphatic hydroxyl groups is 2. The van der Waals surface area contributed by atoms with Crippen molar-refractivity contribution in [3.63, 3.8) is 0 Å². The molecule has 2 aliphatic rings. The first kappa shape index (κ1) is 30.4. The van der Waals surface area contributed by atoms with E-state index in [0.717, 1.165) is 12.0 Å². The van der Waals surface area contributed by atoms with Gasteiger partial charge in [-0.3, -0.25) is 9.59 Å². The van der Waals surface area contributed by atoms with E-state index in [1.54, 1.807) is 18.2 Å². The van der Waals surface area contributed by atoms with Gasteiger partial charge in [0.05, 0.1) is 24.4 Å². The standard InChI is InChI=1S/C28H44FNO6/c1-17(2)7-12-26(32)30-23-13-19(4)24(35-21(23)6)10-8-18(3)9-11-25-27(33)28(34,16-29)15-22(36-25)14-20(5)31/h7-9,11-12,17,19,21-25,27,33-34H,10,13-16H2,1-6H3,(H,30,32)/b11-9+,12-7-,18-8+/t19-,21-,22-,23-,24-,25-,27-,28-/m1/s1. The van der Waals surface area contributed by atoms with E-state index in [1.165, 1.54) is 6.92 Å². The van der Waals surface area contributed by atoms with Crippen LogP contribution in [0, 0.1) is 11.8 Å². The van der Waals surface area contributed by atoms with Gasteiger partial charge in [-0.1, -0.05) is 50.6 Å². The Balaban J connectivity index is 1.96. The second-order valence-corrected chi connectivity index (χ2v) is 10.9. The zero-order chi connectivity index (χ0) is 27.0. The van der Waals surface area contributed by atoms with E-state index in [9.17, 15) is 24.2 Å². The van der Waals surface area contributed by atoms with E-state index in [0.29, 0.717) is 12.3 Å². The lowest BCUT2D eigenvalue weighted by atomic mass is 9.83. The van der Waals surface area contributed by atoms with Crippen molar-refractivity contribution in [3.05, 3.63) is 36.0 Å². The van der Waals surface area contributed by atoms with E-state index >= 15 is 0 Å². The maximum absolute atomic E-state index is 13.5. The van der Waals surface area contributed by atoms with Gasteiger partial charge in [0, 0.05) is 12.8 Å². The summed E-state index contributed by atoms with van der Waals surface area (Å²) in [5.74, 6) is 0.325. The Kier molecular flexibility index (Phi) is 11.5.